The maximum Gasteiger partial charge on any atom is 0.257 e. The molecule has 1 saturated heterocycles. The van der Waals surface area contributed by atoms with E-state index in [2.05, 4.69) is 38.3 Å². The average Bonchev–Trinajstić information content (AvgIpc) is 2.83. The first-order valence-electron chi connectivity index (χ1n) is 10.9. The quantitative estimate of drug-likeness (QED) is 0.570. The van der Waals surface area contributed by atoms with Gasteiger partial charge in [-0.15, -0.1) is 11.8 Å². The van der Waals surface area contributed by atoms with Crippen molar-refractivity contribution in [2.45, 2.75) is 18.0 Å². The lowest BCUT2D eigenvalue weighted by Gasteiger charge is -2.39. The highest BCUT2D eigenvalue weighted by Gasteiger charge is 2.29. The molecule has 7 nitrogen and oxygen atoms in total. The van der Waals surface area contributed by atoms with Crippen LogP contribution in [0.3, 0.4) is 0 Å². The van der Waals surface area contributed by atoms with Crippen LogP contribution in [0.1, 0.15) is 17.4 Å². The Morgan fingerprint density at radius 2 is 1.76 bits per heavy atom. The van der Waals surface area contributed by atoms with Crippen molar-refractivity contribution >= 4 is 41.0 Å². The number of halogens is 1. The summed E-state index contributed by atoms with van der Waals surface area (Å²) in [7, 11) is 0. The van der Waals surface area contributed by atoms with Crippen molar-refractivity contribution in [2.75, 3.05) is 42.7 Å². The molecule has 0 amide bonds. The number of aromatic nitrogens is 2. The van der Waals surface area contributed by atoms with Gasteiger partial charge in [0.25, 0.3) is 5.56 Å². The molecule has 0 radical (unpaired) electrons. The average molecular weight is 481 g/mol. The fourth-order valence-corrected chi connectivity index (χ4v) is 4.84. The lowest BCUT2D eigenvalue weighted by molar-refractivity contribution is 0.376. The molecule has 2 aliphatic rings. The summed E-state index contributed by atoms with van der Waals surface area (Å²) < 4.78 is 1.63. The summed E-state index contributed by atoms with van der Waals surface area (Å²) in [6.45, 7) is 5.13. The van der Waals surface area contributed by atoms with Crippen LogP contribution in [0, 0.1) is 6.92 Å². The molecule has 1 aromatic heterocycles. The van der Waals surface area contributed by atoms with Gasteiger partial charge in [0.1, 0.15) is 0 Å². The predicted octanol–water partition coefficient (Wildman–Crippen LogP) is 4.08. The molecule has 170 valence electrons. The van der Waals surface area contributed by atoms with Crippen molar-refractivity contribution in [3.63, 3.8) is 0 Å². The number of guanidine groups is 1. The van der Waals surface area contributed by atoms with E-state index in [0.717, 1.165) is 48.4 Å². The van der Waals surface area contributed by atoms with Gasteiger partial charge in [0.05, 0.1) is 0 Å². The van der Waals surface area contributed by atoms with Gasteiger partial charge < -0.3 is 9.80 Å². The SMILES string of the molecule is CSc1ccc([C@@H]2N=C(N3CCN(c4cccc(Cl)c4)CC3)Nc3nc(C)cc(=O)n32)cc1. The number of fused-ring (bicyclic) bond motifs is 1. The highest BCUT2D eigenvalue weighted by molar-refractivity contribution is 7.98. The molecule has 3 heterocycles. The number of benzene rings is 2. The number of nitrogens with zero attached hydrogens (tertiary/aromatic N) is 5. The molecule has 0 bridgehead atoms. The van der Waals surface area contributed by atoms with Crippen LogP contribution >= 0.6 is 23.4 Å². The predicted molar refractivity (Wildman–Crippen MR) is 136 cm³/mol. The first-order chi connectivity index (χ1) is 16.0. The molecule has 1 atom stereocenters. The molecule has 2 aliphatic heterocycles. The van der Waals surface area contributed by atoms with Gasteiger partial charge in [-0.2, -0.15) is 0 Å². The lowest BCUT2D eigenvalue weighted by atomic mass is 10.1. The Labute approximate surface area is 202 Å². The summed E-state index contributed by atoms with van der Waals surface area (Å²) in [4.78, 5) is 28.2. The fourth-order valence-electron chi connectivity index (χ4n) is 4.25. The van der Waals surface area contributed by atoms with Gasteiger partial charge >= 0.3 is 0 Å². The van der Waals surface area contributed by atoms with Gasteiger partial charge in [-0.25, -0.2) is 9.98 Å². The molecule has 2 aromatic carbocycles. The first-order valence-corrected chi connectivity index (χ1v) is 12.5. The monoisotopic (exact) mass is 480 g/mol. The maximum atomic E-state index is 12.9. The van der Waals surface area contributed by atoms with Crippen LogP contribution in [0.5, 0.6) is 0 Å². The minimum Gasteiger partial charge on any atom is -0.368 e. The molecule has 0 aliphatic carbocycles. The molecule has 1 fully saturated rings. The van der Waals surface area contributed by atoms with Crippen LogP contribution in [-0.2, 0) is 0 Å². The Morgan fingerprint density at radius 1 is 1.03 bits per heavy atom. The van der Waals surface area contributed by atoms with Crippen molar-refractivity contribution < 1.29 is 0 Å². The van der Waals surface area contributed by atoms with Crippen molar-refractivity contribution in [1.82, 2.24) is 14.5 Å². The van der Waals surface area contributed by atoms with E-state index in [1.54, 1.807) is 22.4 Å². The van der Waals surface area contributed by atoms with Crippen LogP contribution in [0.15, 0.2) is 69.3 Å². The summed E-state index contributed by atoms with van der Waals surface area (Å²) in [5.41, 5.74) is 2.65. The largest absolute Gasteiger partial charge is 0.368 e. The van der Waals surface area contributed by atoms with Crippen molar-refractivity contribution in [1.29, 1.82) is 0 Å². The van der Waals surface area contributed by atoms with E-state index in [4.69, 9.17) is 16.6 Å². The van der Waals surface area contributed by atoms with Crippen LogP contribution < -0.4 is 15.8 Å². The number of hydrogen-bond acceptors (Lipinski definition) is 7. The third-order valence-electron chi connectivity index (χ3n) is 5.96. The molecule has 0 saturated carbocycles. The van der Waals surface area contributed by atoms with Gasteiger partial charge in [-0.05, 0) is 49.1 Å². The summed E-state index contributed by atoms with van der Waals surface area (Å²) in [5, 5.41) is 4.06. The number of thioether (sulfide) groups is 1. The Hall–Kier alpha value is -2.97. The number of aliphatic imine (C=N–C) groups is 1. The second kappa shape index (κ2) is 9.11. The number of rotatable bonds is 3. The Kier molecular flexibility index (Phi) is 6.03. The molecule has 0 unspecified atom stereocenters. The zero-order valence-corrected chi connectivity index (χ0v) is 20.1. The fraction of sp³-hybridized carbons (Fsp3) is 0.292. The number of nitrogens with one attached hydrogen (secondary N) is 1. The van der Waals surface area contributed by atoms with Crippen LogP contribution in [-0.4, -0.2) is 52.8 Å². The summed E-state index contributed by atoms with van der Waals surface area (Å²) >= 11 is 7.87. The Balaban J connectivity index is 1.44. The van der Waals surface area contributed by atoms with E-state index in [-0.39, 0.29) is 5.56 Å². The van der Waals surface area contributed by atoms with Gasteiger partial charge in [0.2, 0.25) is 11.9 Å². The number of anilines is 2. The van der Waals surface area contributed by atoms with Crippen molar-refractivity contribution in [2.24, 2.45) is 4.99 Å². The van der Waals surface area contributed by atoms with E-state index >= 15 is 0 Å². The van der Waals surface area contributed by atoms with Crippen LogP contribution in [0.2, 0.25) is 5.02 Å². The molecule has 0 spiro atoms. The maximum absolute atomic E-state index is 12.9. The number of piperazine rings is 1. The van der Waals surface area contributed by atoms with E-state index in [1.807, 2.05) is 43.5 Å². The summed E-state index contributed by atoms with van der Waals surface area (Å²) in [6, 6.07) is 17.7. The third-order valence-corrected chi connectivity index (χ3v) is 6.94. The highest BCUT2D eigenvalue weighted by atomic mass is 35.5. The van der Waals surface area contributed by atoms with Gasteiger partial charge in [-0.1, -0.05) is 29.8 Å². The molecular formula is C24H25ClN6OS. The smallest absolute Gasteiger partial charge is 0.257 e. The third kappa shape index (κ3) is 4.45. The lowest BCUT2D eigenvalue weighted by Crippen LogP contribution is -2.52. The van der Waals surface area contributed by atoms with Gasteiger partial charge in [0.15, 0.2) is 6.17 Å². The van der Waals surface area contributed by atoms with E-state index < -0.39 is 6.17 Å². The highest BCUT2D eigenvalue weighted by Crippen LogP contribution is 2.28. The molecule has 33 heavy (non-hydrogen) atoms. The van der Waals surface area contributed by atoms with Crippen LogP contribution in [0.25, 0.3) is 0 Å². The molecule has 9 heteroatoms. The minimum atomic E-state index is -0.460. The number of aryl methyl sites for hydroxylation is 1. The minimum absolute atomic E-state index is 0.113. The van der Waals surface area contributed by atoms with Gasteiger partial charge in [-0.3, -0.25) is 14.7 Å². The zero-order valence-electron chi connectivity index (χ0n) is 18.5. The first kappa shape index (κ1) is 21.9. The molecule has 3 aromatic rings. The Bertz CT molecular complexity index is 1250. The van der Waals surface area contributed by atoms with E-state index in [1.165, 1.54) is 4.90 Å². The second-order valence-corrected chi connectivity index (χ2v) is 9.42. The summed E-state index contributed by atoms with van der Waals surface area (Å²) in [6.07, 6.45) is 1.59. The number of hydrogen-bond donors (Lipinski definition) is 1. The second-order valence-electron chi connectivity index (χ2n) is 8.11. The molecule has 1 N–H and O–H groups in total. The van der Waals surface area contributed by atoms with Crippen molar-refractivity contribution in [3.05, 3.63) is 81.2 Å². The topological polar surface area (TPSA) is 65.8 Å². The zero-order chi connectivity index (χ0) is 22.9. The van der Waals surface area contributed by atoms with E-state index in [0.29, 0.717) is 11.6 Å². The van der Waals surface area contributed by atoms with Crippen LogP contribution in [0.4, 0.5) is 11.6 Å². The molecule has 5 rings (SSSR count). The summed E-state index contributed by atoms with van der Waals surface area (Å²) in [5.74, 6) is 1.28. The standard InChI is InChI=1S/C24H25ClN6OS/c1-16-14-21(32)31-22(17-6-8-20(33-2)9-7-17)27-23(28-24(31)26-16)30-12-10-29(11-13-30)19-5-3-4-18(25)15-19/h3-9,14-15,22H,10-13H2,1-2H3,(H,26,27,28)/t22-/m1/s1. The van der Waals surface area contributed by atoms with Gasteiger partial charge in [0, 0.05) is 53.5 Å². The van der Waals surface area contributed by atoms with E-state index in [9.17, 15) is 4.79 Å². The Morgan fingerprint density at radius 3 is 2.45 bits per heavy atom. The molecular weight excluding hydrogens is 456 g/mol. The normalized spacial score (nSPS) is 17.9. The van der Waals surface area contributed by atoms with Crippen molar-refractivity contribution in [3.8, 4) is 0 Å².